The van der Waals surface area contributed by atoms with E-state index in [-0.39, 0.29) is 0 Å². The summed E-state index contributed by atoms with van der Waals surface area (Å²) in [6, 6.07) is 9.67. The average molecular weight is 200 g/mol. The number of nitrogens with zero attached hydrogens (tertiary/aromatic N) is 2. The molecule has 2 aromatic rings. The van der Waals surface area contributed by atoms with Gasteiger partial charge in [-0.05, 0) is 31.2 Å². The van der Waals surface area contributed by atoms with Gasteiger partial charge in [0.2, 0.25) is 0 Å². The van der Waals surface area contributed by atoms with Crippen molar-refractivity contribution in [2.75, 3.05) is 7.11 Å². The van der Waals surface area contributed by atoms with Crippen LogP contribution in [0.15, 0.2) is 36.5 Å². The molecule has 0 bridgehead atoms. The molecule has 2 rings (SSSR count). The van der Waals surface area contributed by atoms with E-state index in [2.05, 4.69) is 9.97 Å². The van der Waals surface area contributed by atoms with Crippen LogP contribution in [0.3, 0.4) is 0 Å². The molecule has 0 fully saturated rings. The Morgan fingerprint density at radius 3 is 2.53 bits per heavy atom. The molecule has 2 aromatic heterocycles. The highest BCUT2D eigenvalue weighted by Gasteiger charge is 2.00. The number of pyridine rings is 2. The highest BCUT2D eigenvalue weighted by atomic mass is 16.5. The summed E-state index contributed by atoms with van der Waals surface area (Å²) < 4.78 is 5.05. The Kier molecular flexibility index (Phi) is 2.63. The van der Waals surface area contributed by atoms with Gasteiger partial charge in [0.25, 0.3) is 0 Å². The summed E-state index contributed by atoms with van der Waals surface area (Å²) in [7, 11) is 1.63. The molecule has 3 heteroatoms. The molecular weight excluding hydrogens is 188 g/mol. The van der Waals surface area contributed by atoms with Gasteiger partial charge in [-0.3, -0.25) is 9.97 Å². The van der Waals surface area contributed by atoms with E-state index in [9.17, 15) is 0 Å². The average Bonchev–Trinajstić information content (AvgIpc) is 2.29. The Balaban J connectivity index is 2.37. The summed E-state index contributed by atoms with van der Waals surface area (Å²) in [5.41, 5.74) is 2.74. The van der Waals surface area contributed by atoms with Gasteiger partial charge in [0.1, 0.15) is 5.75 Å². The molecule has 2 heterocycles. The number of rotatable bonds is 2. The van der Waals surface area contributed by atoms with E-state index in [4.69, 9.17) is 4.74 Å². The fraction of sp³-hybridized carbons (Fsp3) is 0.167. The molecule has 0 aliphatic carbocycles. The summed E-state index contributed by atoms with van der Waals surface area (Å²) in [6.45, 7) is 1.97. The smallest absolute Gasteiger partial charge is 0.137 e. The highest BCUT2D eigenvalue weighted by Crippen LogP contribution is 2.17. The molecule has 0 saturated heterocycles. The van der Waals surface area contributed by atoms with E-state index in [0.717, 1.165) is 22.8 Å². The largest absolute Gasteiger partial charge is 0.495 e. The maximum atomic E-state index is 5.05. The minimum atomic E-state index is 0.756. The second-order valence-corrected chi connectivity index (χ2v) is 3.25. The zero-order chi connectivity index (χ0) is 10.7. The van der Waals surface area contributed by atoms with Crippen LogP contribution in [0.1, 0.15) is 5.69 Å². The van der Waals surface area contributed by atoms with Crippen LogP contribution >= 0.6 is 0 Å². The number of hydrogen-bond donors (Lipinski definition) is 0. The van der Waals surface area contributed by atoms with Crippen LogP contribution in [0.4, 0.5) is 0 Å². The summed E-state index contributed by atoms with van der Waals surface area (Å²) in [5, 5.41) is 0. The molecule has 0 aliphatic heterocycles. The van der Waals surface area contributed by atoms with Gasteiger partial charge < -0.3 is 4.74 Å². The zero-order valence-electron chi connectivity index (χ0n) is 8.77. The molecule has 3 nitrogen and oxygen atoms in total. The van der Waals surface area contributed by atoms with E-state index in [0.29, 0.717) is 0 Å². The van der Waals surface area contributed by atoms with Gasteiger partial charge in [0.15, 0.2) is 0 Å². The Bertz CT molecular complexity index is 451. The lowest BCUT2D eigenvalue weighted by atomic mass is 10.2. The predicted molar refractivity (Wildman–Crippen MR) is 58.8 cm³/mol. The van der Waals surface area contributed by atoms with Crippen LogP contribution < -0.4 is 4.74 Å². The standard InChI is InChI=1S/C12H12N2O/c1-9-4-3-5-12(14-9)11-7-6-10(15-2)8-13-11/h3-8H,1-2H3. The van der Waals surface area contributed by atoms with Gasteiger partial charge in [-0.1, -0.05) is 6.07 Å². The SMILES string of the molecule is COc1ccc(-c2cccc(C)n2)nc1. The van der Waals surface area contributed by atoms with Crippen LogP contribution in [-0.2, 0) is 0 Å². The van der Waals surface area contributed by atoms with E-state index in [1.54, 1.807) is 13.3 Å². The lowest BCUT2D eigenvalue weighted by Crippen LogP contribution is -1.90. The normalized spacial score (nSPS) is 10.0. The maximum absolute atomic E-state index is 5.05. The monoisotopic (exact) mass is 200 g/mol. The number of aryl methyl sites for hydroxylation is 1. The summed E-state index contributed by atoms with van der Waals surface area (Å²) >= 11 is 0. The maximum Gasteiger partial charge on any atom is 0.137 e. The van der Waals surface area contributed by atoms with Crippen molar-refractivity contribution in [1.29, 1.82) is 0 Å². The summed E-state index contributed by atoms with van der Waals surface area (Å²) in [5.74, 6) is 0.756. The van der Waals surface area contributed by atoms with Crippen molar-refractivity contribution in [2.24, 2.45) is 0 Å². The van der Waals surface area contributed by atoms with Crippen molar-refractivity contribution < 1.29 is 4.74 Å². The Morgan fingerprint density at radius 1 is 1.07 bits per heavy atom. The van der Waals surface area contributed by atoms with E-state index in [1.807, 2.05) is 37.3 Å². The molecule has 0 aromatic carbocycles. The van der Waals surface area contributed by atoms with Gasteiger partial charge in [0.05, 0.1) is 24.7 Å². The molecule has 0 N–H and O–H groups in total. The van der Waals surface area contributed by atoms with Crippen molar-refractivity contribution >= 4 is 0 Å². The van der Waals surface area contributed by atoms with E-state index < -0.39 is 0 Å². The number of ether oxygens (including phenoxy) is 1. The molecule has 0 saturated carbocycles. The lowest BCUT2D eigenvalue weighted by molar-refractivity contribution is 0.413. The predicted octanol–water partition coefficient (Wildman–Crippen LogP) is 2.46. The fourth-order valence-electron chi connectivity index (χ4n) is 1.34. The van der Waals surface area contributed by atoms with Crippen molar-refractivity contribution in [3.63, 3.8) is 0 Å². The second-order valence-electron chi connectivity index (χ2n) is 3.25. The number of hydrogen-bond acceptors (Lipinski definition) is 3. The van der Waals surface area contributed by atoms with Gasteiger partial charge in [0, 0.05) is 5.69 Å². The molecule has 0 spiro atoms. The lowest BCUT2D eigenvalue weighted by Gasteiger charge is -2.02. The Hall–Kier alpha value is -1.90. The summed E-state index contributed by atoms with van der Waals surface area (Å²) in [4.78, 5) is 8.67. The van der Waals surface area contributed by atoms with Gasteiger partial charge in [-0.2, -0.15) is 0 Å². The van der Waals surface area contributed by atoms with Gasteiger partial charge in [-0.25, -0.2) is 0 Å². The Labute approximate surface area is 88.8 Å². The highest BCUT2D eigenvalue weighted by molar-refractivity contribution is 5.54. The third-order valence-electron chi connectivity index (χ3n) is 2.12. The van der Waals surface area contributed by atoms with Crippen LogP contribution in [0.5, 0.6) is 5.75 Å². The van der Waals surface area contributed by atoms with Gasteiger partial charge in [-0.15, -0.1) is 0 Å². The van der Waals surface area contributed by atoms with Crippen LogP contribution in [0.25, 0.3) is 11.4 Å². The first-order valence-electron chi connectivity index (χ1n) is 4.73. The van der Waals surface area contributed by atoms with E-state index in [1.165, 1.54) is 0 Å². The van der Waals surface area contributed by atoms with Crippen molar-refractivity contribution in [1.82, 2.24) is 9.97 Å². The molecular formula is C12H12N2O. The first-order valence-corrected chi connectivity index (χ1v) is 4.73. The fourth-order valence-corrected chi connectivity index (χ4v) is 1.34. The van der Waals surface area contributed by atoms with Gasteiger partial charge >= 0.3 is 0 Å². The molecule has 0 radical (unpaired) electrons. The quantitative estimate of drug-likeness (QED) is 0.747. The third-order valence-corrected chi connectivity index (χ3v) is 2.12. The van der Waals surface area contributed by atoms with Crippen molar-refractivity contribution in [2.45, 2.75) is 6.92 Å². The van der Waals surface area contributed by atoms with Crippen LogP contribution in [0, 0.1) is 6.92 Å². The Morgan fingerprint density at radius 2 is 1.93 bits per heavy atom. The molecule has 0 unspecified atom stereocenters. The zero-order valence-corrected chi connectivity index (χ0v) is 8.77. The van der Waals surface area contributed by atoms with Crippen LogP contribution in [0.2, 0.25) is 0 Å². The topological polar surface area (TPSA) is 35.0 Å². The first-order chi connectivity index (χ1) is 7.29. The number of methoxy groups -OCH3 is 1. The molecule has 0 atom stereocenters. The van der Waals surface area contributed by atoms with Crippen molar-refractivity contribution in [3.05, 3.63) is 42.2 Å². The van der Waals surface area contributed by atoms with E-state index >= 15 is 0 Å². The molecule has 0 aliphatic rings. The third kappa shape index (κ3) is 2.13. The number of aromatic nitrogens is 2. The minimum Gasteiger partial charge on any atom is -0.495 e. The first kappa shape index (κ1) is 9.65. The molecule has 0 amide bonds. The second kappa shape index (κ2) is 4.09. The summed E-state index contributed by atoms with van der Waals surface area (Å²) in [6.07, 6.45) is 1.69. The van der Waals surface area contributed by atoms with Crippen molar-refractivity contribution in [3.8, 4) is 17.1 Å². The molecule has 15 heavy (non-hydrogen) atoms. The minimum absolute atomic E-state index is 0.756. The van der Waals surface area contributed by atoms with Crippen LogP contribution in [-0.4, -0.2) is 17.1 Å². The molecule has 76 valence electrons.